The molecule has 0 atom stereocenters. The van der Waals surface area contributed by atoms with Gasteiger partial charge in [0.2, 0.25) is 0 Å². The first-order chi connectivity index (χ1) is 12.0. The van der Waals surface area contributed by atoms with E-state index in [1.54, 1.807) is 18.2 Å². The molecular formula is C20H24O5. The van der Waals surface area contributed by atoms with Gasteiger partial charge >= 0.3 is 5.97 Å². The van der Waals surface area contributed by atoms with E-state index in [2.05, 4.69) is 0 Å². The SMILES string of the molecule is CCOc1cc(O)c2c(c1)C=CCCCC(=O)CC=C(C)COC2=O. The van der Waals surface area contributed by atoms with Crippen LogP contribution in [0.3, 0.4) is 0 Å². The van der Waals surface area contributed by atoms with Gasteiger partial charge in [0, 0.05) is 18.9 Å². The number of carbonyl (C=O) groups excluding carboxylic acids is 2. The molecule has 0 bridgehead atoms. The fraction of sp³-hybridized carbons (Fsp3) is 0.400. The standard InChI is InChI=1S/C20H24O5/c1-3-24-17-11-15-7-5-4-6-8-16(21)10-9-14(2)13-25-20(23)19(15)18(22)12-17/h5,7,9,11-12,22H,3-4,6,8,10,13H2,1-2H3. The molecule has 0 spiro atoms. The molecule has 1 aliphatic rings. The van der Waals surface area contributed by atoms with Crippen molar-refractivity contribution in [2.75, 3.05) is 13.2 Å². The number of benzene rings is 1. The number of phenols is 1. The van der Waals surface area contributed by atoms with E-state index in [1.807, 2.05) is 19.9 Å². The average molecular weight is 344 g/mol. The van der Waals surface area contributed by atoms with Crippen LogP contribution in [0.15, 0.2) is 29.9 Å². The third-order valence-electron chi connectivity index (χ3n) is 3.87. The second-order valence-electron chi connectivity index (χ2n) is 6.00. The molecule has 0 amide bonds. The highest BCUT2D eigenvalue weighted by Gasteiger charge is 2.19. The van der Waals surface area contributed by atoms with Crippen LogP contribution >= 0.6 is 0 Å². The Morgan fingerprint density at radius 2 is 2.08 bits per heavy atom. The Morgan fingerprint density at radius 1 is 1.28 bits per heavy atom. The minimum atomic E-state index is -0.601. The minimum Gasteiger partial charge on any atom is -0.507 e. The van der Waals surface area contributed by atoms with E-state index in [9.17, 15) is 14.7 Å². The van der Waals surface area contributed by atoms with E-state index in [0.717, 1.165) is 12.0 Å². The summed E-state index contributed by atoms with van der Waals surface area (Å²) in [5.41, 5.74) is 1.47. The summed E-state index contributed by atoms with van der Waals surface area (Å²) in [6, 6.07) is 3.12. The van der Waals surface area contributed by atoms with Gasteiger partial charge in [-0.25, -0.2) is 4.79 Å². The number of esters is 1. The van der Waals surface area contributed by atoms with E-state index in [4.69, 9.17) is 9.47 Å². The molecular weight excluding hydrogens is 320 g/mol. The molecule has 1 heterocycles. The number of phenolic OH excluding ortho intramolecular Hbond substituents is 1. The predicted octanol–water partition coefficient (Wildman–Crippen LogP) is 4.05. The van der Waals surface area contributed by atoms with Crippen LogP contribution in [0.4, 0.5) is 0 Å². The van der Waals surface area contributed by atoms with Gasteiger partial charge in [0.15, 0.2) is 0 Å². The number of carbonyl (C=O) groups is 2. The van der Waals surface area contributed by atoms with Crippen molar-refractivity contribution >= 4 is 17.8 Å². The molecule has 5 heteroatoms. The second kappa shape index (κ2) is 9.06. The van der Waals surface area contributed by atoms with Crippen LogP contribution in [0.1, 0.15) is 55.5 Å². The van der Waals surface area contributed by atoms with Gasteiger partial charge < -0.3 is 14.6 Å². The van der Waals surface area contributed by atoms with Crippen LogP contribution in [-0.4, -0.2) is 30.1 Å². The van der Waals surface area contributed by atoms with Crippen molar-refractivity contribution < 1.29 is 24.2 Å². The summed E-state index contributed by atoms with van der Waals surface area (Å²) in [5.74, 6) is -0.104. The molecule has 0 saturated heterocycles. The van der Waals surface area contributed by atoms with Gasteiger partial charge in [0.05, 0.1) is 6.61 Å². The molecule has 5 nitrogen and oxygen atoms in total. The van der Waals surface area contributed by atoms with Gasteiger partial charge in [-0.3, -0.25) is 4.79 Å². The number of ketones is 1. The van der Waals surface area contributed by atoms with E-state index >= 15 is 0 Å². The number of fused-ring (bicyclic) bond motifs is 1. The summed E-state index contributed by atoms with van der Waals surface area (Å²) in [4.78, 5) is 24.2. The first-order valence-electron chi connectivity index (χ1n) is 8.52. The van der Waals surface area contributed by atoms with Gasteiger partial charge in [0.25, 0.3) is 0 Å². The van der Waals surface area contributed by atoms with Crippen molar-refractivity contribution in [3.8, 4) is 11.5 Å². The summed E-state index contributed by atoms with van der Waals surface area (Å²) < 4.78 is 10.7. The Labute approximate surface area is 147 Å². The van der Waals surface area contributed by atoms with Crippen LogP contribution in [0, 0.1) is 0 Å². The van der Waals surface area contributed by atoms with Gasteiger partial charge in [-0.1, -0.05) is 18.2 Å². The van der Waals surface area contributed by atoms with Crippen LogP contribution < -0.4 is 4.74 Å². The summed E-state index contributed by atoms with van der Waals surface area (Å²) in [5, 5.41) is 10.3. The molecule has 1 aromatic rings. The van der Waals surface area contributed by atoms with Crippen molar-refractivity contribution in [3.63, 3.8) is 0 Å². The second-order valence-corrected chi connectivity index (χ2v) is 6.00. The molecule has 0 unspecified atom stereocenters. The predicted molar refractivity (Wildman–Crippen MR) is 95.8 cm³/mol. The third kappa shape index (κ3) is 5.48. The molecule has 1 aliphatic heterocycles. The Kier molecular flexibility index (Phi) is 6.81. The Balaban J connectivity index is 2.37. The lowest BCUT2D eigenvalue weighted by Crippen LogP contribution is -2.10. The third-order valence-corrected chi connectivity index (χ3v) is 3.87. The number of Topliss-reactive ketones (excluding diaryl/α,β-unsaturated/α-hetero) is 1. The first-order valence-corrected chi connectivity index (χ1v) is 8.52. The molecule has 0 aromatic heterocycles. The Hall–Kier alpha value is -2.56. The lowest BCUT2D eigenvalue weighted by molar-refractivity contribution is -0.118. The number of aromatic hydroxyl groups is 1. The zero-order valence-corrected chi connectivity index (χ0v) is 14.7. The van der Waals surface area contributed by atoms with Crippen LogP contribution in [0.25, 0.3) is 6.08 Å². The maximum Gasteiger partial charge on any atom is 0.342 e. The van der Waals surface area contributed by atoms with Gasteiger partial charge in [0.1, 0.15) is 29.5 Å². The smallest absolute Gasteiger partial charge is 0.342 e. The molecule has 25 heavy (non-hydrogen) atoms. The maximum absolute atomic E-state index is 12.4. The molecule has 134 valence electrons. The molecule has 1 aromatic carbocycles. The van der Waals surface area contributed by atoms with Crippen molar-refractivity contribution in [1.82, 2.24) is 0 Å². The maximum atomic E-state index is 12.4. The lowest BCUT2D eigenvalue weighted by Gasteiger charge is -2.12. The van der Waals surface area contributed by atoms with Crippen molar-refractivity contribution in [3.05, 3.63) is 41.0 Å². The van der Waals surface area contributed by atoms with Gasteiger partial charge in [-0.15, -0.1) is 0 Å². The highest BCUT2D eigenvalue weighted by molar-refractivity contribution is 5.97. The summed E-state index contributed by atoms with van der Waals surface area (Å²) in [6.07, 6.45) is 7.77. The quantitative estimate of drug-likeness (QED) is 0.647. The highest BCUT2D eigenvalue weighted by atomic mass is 16.5. The number of rotatable bonds is 2. The zero-order valence-electron chi connectivity index (χ0n) is 14.7. The number of hydrogen-bond acceptors (Lipinski definition) is 5. The largest absolute Gasteiger partial charge is 0.507 e. The van der Waals surface area contributed by atoms with E-state index in [-0.39, 0.29) is 23.7 Å². The first kappa shape index (κ1) is 18.8. The monoisotopic (exact) mass is 344 g/mol. The van der Waals surface area contributed by atoms with Gasteiger partial charge in [-0.2, -0.15) is 0 Å². The summed E-state index contributed by atoms with van der Waals surface area (Å²) >= 11 is 0. The molecule has 0 aliphatic carbocycles. The zero-order chi connectivity index (χ0) is 18.2. The van der Waals surface area contributed by atoms with E-state index < -0.39 is 5.97 Å². The number of allylic oxidation sites excluding steroid dienone is 2. The van der Waals surface area contributed by atoms with E-state index in [1.165, 1.54) is 6.07 Å². The molecule has 2 rings (SSSR count). The fourth-order valence-electron chi connectivity index (χ4n) is 2.55. The van der Waals surface area contributed by atoms with Crippen LogP contribution in [0.2, 0.25) is 0 Å². The van der Waals surface area contributed by atoms with E-state index in [0.29, 0.717) is 37.2 Å². The molecule has 0 saturated carbocycles. The number of ether oxygens (including phenoxy) is 2. The highest BCUT2D eigenvalue weighted by Crippen LogP contribution is 2.30. The van der Waals surface area contributed by atoms with Crippen molar-refractivity contribution in [2.24, 2.45) is 0 Å². The molecule has 0 fully saturated rings. The number of hydrogen-bond donors (Lipinski definition) is 1. The van der Waals surface area contributed by atoms with Gasteiger partial charge in [-0.05, 0) is 43.9 Å². The molecule has 0 radical (unpaired) electrons. The number of cyclic esters (lactones) is 1. The van der Waals surface area contributed by atoms with Crippen molar-refractivity contribution in [2.45, 2.75) is 39.5 Å². The van der Waals surface area contributed by atoms with Crippen LogP contribution in [0.5, 0.6) is 11.5 Å². The Bertz CT molecular complexity index is 700. The lowest BCUT2D eigenvalue weighted by atomic mass is 10.0. The molecule has 1 N–H and O–H groups in total. The average Bonchev–Trinajstić information content (AvgIpc) is 2.57. The summed E-state index contributed by atoms with van der Waals surface area (Å²) in [6.45, 7) is 4.20. The topological polar surface area (TPSA) is 72.8 Å². The van der Waals surface area contributed by atoms with Crippen molar-refractivity contribution in [1.29, 1.82) is 0 Å². The fourth-order valence-corrected chi connectivity index (χ4v) is 2.55. The Morgan fingerprint density at radius 3 is 2.84 bits per heavy atom. The van der Waals surface area contributed by atoms with Crippen LogP contribution in [-0.2, 0) is 9.53 Å². The minimum absolute atomic E-state index is 0.0852. The summed E-state index contributed by atoms with van der Waals surface area (Å²) in [7, 11) is 0. The normalized spacial score (nSPS) is 16.5.